The molecule has 1 aromatic heterocycles. The van der Waals surface area contributed by atoms with Crippen molar-refractivity contribution in [1.82, 2.24) is 20.2 Å². The van der Waals surface area contributed by atoms with E-state index < -0.39 is 6.10 Å². The predicted octanol–water partition coefficient (Wildman–Crippen LogP) is 2.91. The highest BCUT2D eigenvalue weighted by atomic mass is 16.5. The summed E-state index contributed by atoms with van der Waals surface area (Å²) in [5, 5.41) is 3.43. The summed E-state index contributed by atoms with van der Waals surface area (Å²) in [6.45, 7) is 9.20. The quantitative estimate of drug-likeness (QED) is 0.864. The summed E-state index contributed by atoms with van der Waals surface area (Å²) < 4.78 is 5.92. The molecule has 0 aliphatic carbocycles. The molecule has 0 bridgehead atoms. The summed E-state index contributed by atoms with van der Waals surface area (Å²) in [7, 11) is 0. The minimum absolute atomic E-state index is 0.00874. The number of amides is 1. The number of aryl methyl sites for hydroxylation is 2. The molecule has 3 heterocycles. The molecule has 1 amide bonds. The fourth-order valence-corrected chi connectivity index (χ4v) is 4.09. The Morgan fingerprint density at radius 1 is 1.31 bits per heavy atom. The van der Waals surface area contributed by atoms with Crippen LogP contribution < -0.4 is 10.1 Å². The smallest absolute Gasteiger partial charge is 0.263 e. The Balaban J connectivity index is 1.40. The van der Waals surface area contributed by atoms with Crippen LogP contribution in [0.4, 0.5) is 0 Å². The molecule has 0 radical (unpaired) electrons. The Kier molecular flexibility index (Phi) is 5.81. The lowest BCUT2D eigenvalue weighted by atomic mass is 9.98. The summed E-state index contributed by atoms with van der Waals surface area (Å²) in [5.41, 5.74) is 4.52. The molecule has 154 valence electrons. The van der Waals surface area contributed by atoms with Gasteiger partial charge in [0.05, 0.1) is 5.69 Å². The molecule has 0 saturated carbocycles. The van der Waals surface area contributed by atoms with Gasteiger partial charge in [0, 0.05) is 43.7 Å². The van der Waals surface area contributed by atoms with Crippen LogP contribution in [0.1, 0.15) is 53.9 Å². The minimum atomic E-state index is -0.521. The number of rotatable bonds is 4. The molecule has 1 fully saturated rings. The Morgan fingerprint density at radius 3 is 2.93 bits per heavy atom. The first-order valence-corrected chi connectivity index (χ1v) is 10.6. The van der Waals surface area contributed by atoms with E-state index in [1.807, 2.05) is 43.1 Å². The van der Waals surface area contributed by atoms with Gasteiger partial charge in [-0.25, -0.2) is 9.97 Å². The largest absolute Gasteiger partial charge is 0.481 e. The molecular weight excluding hydrogens is 364 g/mol. The summed E-state index contributed by atoms with van der Waals surface area (Å²) in [5.74, 6) is 2.09. The van der Waals surface area contributed by atoms with Gasteiger partial charge in [0.1, 0.15) is 11.6 Å². The fraction of sp³-hybridized carbons (Fsp3) is 0.522. The van der Waals surface area contributed by atoms with Gasteiger partial charge in [-0.15, -0.1) is 0 Å². The molecule has 2 aliphatic heterocycles. The van der Waals surface area contributed by atoms with Gasteiger partial charge in [0.15, 0.2) is 6.10 Å². The number of carbonyl (C=O) groups is 1. The van der Waals surface area contributed by atoms with E-state index in [9.17, 15) is 4.79 Å². The zero-order valence-electron chi connectivity index (χ0n) is 17.6. The van der Waals surface area contributed by atoms with Crippen LogP contribution in [0.5, 0.6) is 5.75 Å². The van der Waals surface area contributed by atoms with Crippen molar-refractivity contribution in [3.63, 3.8) is 0 Å². The Morgan fingerprint density at radius 2 is 2.17 bits per heavy atom. The summed E-state index contributed by atoms with van der Waals surface area (Å²) in [6.07, 6.45) is 4.48. The predicted molar refractivity (Wildman–Crippen MR) is 112 cm³/mol. The van der Waals surface area contributed by atoms with Crippen molar-refractivity contribution in [2.24, 2.45) is 0 Å². The van der Waals surface area contributed by atoms with Crippen LogP contribution in [-0.2, 0) is 17.8 Å². The van der Waals surface area contributed by atoms with Crippen molar-refractivity contribution in [1.29, 1.82) is 0 Å². The Labute approximate surface area is 172 Å². The van der Waals surface area contributed by atoms with Crippen molar-refractivity contribution in [2.75, 3.05) is 19.6 Å². The van der Waals surface area contributed by atoms with E-state index in [1.54, 1.807) is 0 Å². The van der Waals surface area contributed by atoms with E-state index in [-0.39, 0.29) is 5.91 Å². The fourth-order valence-electron chi connectivity index (χ4n) is 4.09. The third-order valence-corrected chi connectivity index (χ3v) is 6.07. The number of nitrogens with zero attached hydrogens (tertiary/aromatic N) is 3. The van der Waals surface area contributed by atoms with Gasteiger partial charge in [-0.2, -0.15) is 0 Å². The highest BCUT2D eigenvalue weighted by molar-refractivity contribution is 5.81. The van der Waals surface area contributed by atoms with Crippen molar-refractivity contribution < 1.29 is 9.53 Å². The van der Waals surface area contributed by atoms with E-state index in [4.69, 9.17) is 9.72 Å². The first-order valence-electron chi connectivity index (χ1n) is 10.6. The van der Waals surface area contributed by atoms with Crippen molar-refractivity contribution in [3.8, 4) is 5.75 Å². The van der Waals surface area contributed by atoms with Crippen molar-refractivity contribution in [2.45, 2.75) is 58.6 Å². The molecule has 1 saturated heterocycles. The first kappa shape index (κ1) is 19.8. The van der Waals surface area contributed by atoms with Crippen molar-refractivity contribution in [3.05, 3.63) is 52.6 Å². The lowest BCUT2D eigenvalue weighted by Crippen LogP contribution is -2.43. The zero-order chi connectivity index (χ0) is 20.4. The van der Waals surface area contributed by atoms with Crippen LogP contribution >= 0.6 is 0 Å². The number of hydrogen-bond donors (Lipinski definition) is 1. The monoisotopic (exact) mass is 394 g/mol. The van der Waals surface area contributed by atoms with Crippen LogP contribution in [0.3, 0.4) is 0 Å². The molecule has 2 aromatic rings. The average Bonchev–Trinajstić information content (AvgIpc) is 2.75. The number of benzene rings is 1. The van der Waals surface area contributed by atoms with Gasteiger partial charge >= 0.3 is 0 Å². The highest BCUT2D eigenvalue weighted by Crippen LogP contribution is 2.24. The normalized spacial score (nSPS) is 20.1. The lowest BCUT2D eigenvalue weighted by molar-refractivity contribution is -0.138. The Hall–Kier alpha value is -2.47. The van der Waals surface area contributed by atoms with E-state index in [0.29, 0.717) is 19.0 Å². The second-order valence-corrected chi connectivity index (χ2v) is 8.26. The molecule has 6 heteroatoms. The van der Waals surface area contributed by atoms with Crippen LogP contribution in [-0.4, -0.2) is 46.5 Å². The van der Waals surface area contributed by atoms with Crippen LogP contribution in [0, 0.1) is 13.8 Å². The minimum Gasteiger partial charge on any atom is -0.481 e. The van der Waals surface area contributed by atoms with Gasteiger partial charge in [0.2, 0.25) is 0 Å². The lowest BCUT2D eigenvalue weighted by Gasteiger charge is -2.31. The zero-order valence-corrected chi connectivity index (χ0v) is 17.6. The molecule has 29 heavy (non-hydrogen) atoms. The molecule has 0 spiro atoms. The third-order valence-electron chi connectivity index (χ3n) is 6.07. The van der Waals surface area contributed by atoms with Crippen LogP contribution in [0.25, 0.3) is 0 Å². The average molecular weight is 395 g/mol. The number of ether oxygens (including phenoxy) is 1. The topological polar surface area (TPSA) is 67.3 Å². The summed E-state index contributed by atoms with van der Waals surface area (Å²) >= 11 is 0. The second kappa shape index (κ2) is 8.49. The Bertz CT molecular complexity index is 892. The van der Waals surface area contributed by atoms with Gasteiger partial charge in [0.25, 0.3) is 5.91 Å². The number of fused-ring (bicyclic) bond motifs is 1. The van der Waals surface area contributed by atoms with Crippen LogP contribution in [0.2, 0.25) is 0 Å². The third kappa shape index (κ3) is 4.42. The number of piperidine rings is 1. The maximum Gasteiger partial charge on any atom is 0.263 e. The van der Waals surface area contributed by atoms with E-state index in [0.717, 1.165) is 54.3 Å². The number of hydrogen-bond acceptors (Lipinski definition) is 5. The van der Waals surface area contributed by atoms with Crippen molar-refractivity contribution >= 4 is 5.91 Å². The molecule has 1 aromatic carbocycles. The molecule has 2 unspecified atom stereocenters. The maximum absolute atomic E-state index is 12.9. The number of nitrogens with one attached hydrogen (secondary N) is 1. The molecule has 2 aliphatic rings. The number of aromatic nitrogens is 2. The molecule has 6 nitrogen and oxygen atoms in total. The highest BCUT2D eigenvalue weighted by Gasteiger charge is 2.28. The number of carbonyl (C=O) groups excluding carboxylic acids is 1. The molecule has 2 atom stereocenters. The summed E-state index contributed by atoms with van der Waals surface area (Å²) in [4.78, 5) is 24.3. The first-order chi connectivity index (χ1) is 14.0. The molecule has 4 rings (SSSR count). The van der Waals surface area contributed by atoms with Gasteiger partial charge in [-0.05, 0) is 63.4 Å². The molecular formula is C23H30N4O2. The summed E-state index contributed by atoms with van der Waals surface area (Å²) in [6, 6.07) is 5.93. The van der Waals surface area contributed by atoms with Gasteiger partial charge in [-0.1, -0.05) is 6.07 Å². The van der Waals surface area contributed by atoms with Crippen LogP contribution in [0.15, 0.2) is 24.4 Å². The van der Waals surface area contributed by atoms with E-state index in [2.05, 4.69) is 17.2 Å². The van der Waals surface area contributed by atoms with Gasteiger partial charge < -0.3 is 15.0 Å². The van der Waals surface area contributed by atoms with E-state index >= 15 is 0 Å². The van der Waals surface area contributed by atoms with Gasteiger partial charge in [-0.3, -0.25) is 4.79 Å². The van der Waals surface area contributed by atoms with E-state index in [1.165, 1.54) is 12.0 Å². The second-order valence-electron chi connectivity index (χ2n) is 8.26. The maximum atomic E-state index is 12.9. The SMILES string of the molecule is Cc1ccc(OC(C)C(=O)N2CCc3nc(C4CCCNC4)ncc3C2)cc1C. The standard InChI is InChI=1S/C23H30N4O2/c1-15-6-7-20(11-16(15)2)29-17(3)23(28)27-10-8-21-19(14-27)13-25-22(26-21)18-5-4-9-24-12-18/h6-7,11,13,17-18,24H,4-5,8-10,12,14H2,1-3H3. The molecule has 1 N–H and O–H groups in total.